The van der Waals surface area contributed by atoms with Crippen molar-refractivity contribution in [3.8, 4) is 51.0 Å². The lowest BCUT2D eigenvalue weighted by molar-refractivity contribution is 0.668. The molecule has 0 unspecified atom stereocenters. The van der Waals surface area contributed by atoms with Crippen molar-refractivity contribution in [2.24, 2.45) is 0 Å². The van der Waals surface area contributed by atoms with Crippen LogP contribution < -0.4 is 0 Å². The Bertz CT molecular complexity index is 3410. The molecule has 0 spiro atoms. The maximum absolute atomic E-state index is 6.64. The Kier molecular flexibility index (Phi) is 6.83. The van der Waals surface area contributed by atoms with E-state index in [-0.39, 0.29) is 0 Å². The van der Waals surface area contributed by atoms with Gasteiger partial charge < -0.3 is 13.4 Å². The smallest absolute Gasteiger partial charge is 0.164 e. The van der Waals surface area contributed by atoms with E-state index >= 15 is 0 Å². The van der Waals surface area contributed by atoms with Crippen molar-refractivity contribution in [3.63, 3.8) is 0 Å². The molecule has 6 heteroatoms. The fraction of sp³-hybridized carbons (Fsp3) is 0. The Hall–Kier alpha value is -7.83. The molecule has 0 N–H and O–H groups in total. The first-order chi connectivity index (χ1) is 28.3. The molecule has 12 aromatic rings. The van der Waals surface area contributed by atoms with Crippen LogP contribution >= 0.6 is 0 Å². The first-order valence-corrected chi connectivity index (χ1v) is 19.0. The number of benzene rings is 8. The lowest BCUT2D eigenvalue weighted by atomic mass is 9.96. The second kappa shape index (κ2) is 12.3. The largest absolute Gasteiger partial charge is 0.456 e. The number of fused-ring (bicyclic) bond motifs is 9. The second-order valence-electron chi connectivity index (χ2n) is 14.3. The summed E-state index contributed by atoms with van der Waals surface area (Å²) in [4.78, 5) is 15.1. The highest BCUT2D eigenvalue weighted by atomic mass is 16.3. The highest BCUT2D eigenvalue weighted by molar-refractivity contribution is 6.19. The molecule has 8 aromatic carbocycles. The standard InChI is InChI=1S/C51H30N4O2/c1-3-14-31(15-4-1)49-52-50(32-16-5-2-6-17-32)54-51(53-49)37-21-12-25-43-46(37)38-30-33(28-29-42(38)56-43)34-20-11-26-44-47(34)48-41(24-13-27-45(48)57-44)55-39-22-9-7-18-35(39)36-19-8-10-23-40(36)55/h1-30H. The minimum Gasteiger partial charge on any atom is -0.456 e. The van der Waals surface area contributed by atoms with Gasteiger partial charge in [0.15, 0.2) is 17.5 Å². The maximum atomic E-state index is 6.64. The molecule has 4 heterocycles. The van der Waals surface area contributed by atoms with Crippen LogP contribution in [0.25, 0.3) is 117 Å². The van der Waals surface area contributed by atoms with E-state index in [0.717, 1.165) is 88.4 Å². The summed E-state index contributed by atoms with van der Waals surface area (Å²) in [5.41, 5.74) is 11.5. The minimum atomic E-state index is 0.583. The lowest BCUT2D eigenvalue weighted by Gasteiger charge is -2.11. The van der Waals surface area contributed by atoms with E-state index in [9.17, 15) is 0 Å². The molecule has 4 aromatic heterocycles. The zero-order valence-electron chi connectivity index (χ0n) is 30.4. The van der Waals surface area contributed by atoms with Crippen molar-refractivity contribution in [2.75, 3.05) is 0 Å². The van der Waals surface area contributed by atoms with E-state index < -0.39 is 0 Å². The molecular weight excluding hydrogens is 701 g/mol. The Morgan fingerprint density at radius 1 is 0.333 bits per heavy atom. The minimum absolute atomic E-state index is 0.583. The fourth-order valence-electron chi connectivity index (χ4n) is 8.57. The van der Waals surface area contributed by atoms with Gasteiger partial charge in [-0.25, -0.2) is 15.0 Å². The average molecular weight is 731 g/mol. The van der Waals surface area contributed by atoms with Gasteiger partial charge in [-0.2, -0.15) is 0 Å². The second-order valence-corrected chi connectivity index (χ2v) is 14.3. The van der Waals surface area contributed by atoms with Crippen LogP contribution in [-0.4, -0.2) is 19.5 Å². The molecule has 0 bridgehead atoms. The van der Waals surface area contributed by atoms with Crippen LogP contribution in [0.3, 0.4) is 0 Å². The first kappa shape index (κ1) is 31.5. The summed E-state index contributed by atoms with van der Waals surface area (Å²) < 4.78 is 15.5. The van der Waals surface area contributed by atoms with Crippen LogP contribution in [0, 0.1) is 0 Å². The van der Waals surface area contributed by atoms with E-state index in [1.54, 1.807) is 0 Å². The average Bonchev–Trinajstić information content (AvgIpc) is 3.96. The zero-order valence-corrected chi connectivity index (χ0v) is 30.4. The van der Waals surface area contributed by atoms with E-state index in [4.69, 9.17) is 23.8 Å². The van der Waals surface area contributed by atoms with Crippen molar-refractivity contribution in [1.29, 1.82) is 0 Å². The van der Waals surface area contributed by atoms with Gasteiger partial charge in [-0.3, -0.25) is 0 Å². The van der Waals surface area contributed by atoms with Crippen LogP contribution in [0.15, 0.2) is 191 Å². The van der Waals surface area contributed by atoms with Gasteiger partial charge in [-0.15, -0.1) is 0 Å². The monoisotopic (exact) mass is 730 g/mol. The molecule has 0 radical (unpaired) electrons. The number of para-hydroxylation sites is 2. The Labute approximate surface area is 325 Å². The molecule has 12 rings (SSSR count). The van der Waals surface area contributed by atoms with E-state index in [0.29, 0.717) is 17.5 Å². The summed E-state index contributed by atoms with van der Waals surface area (Å²) in [6.07, 6.45) is 0. The highest BCUT2D eigenvalue weighted by Gasteiger charge is 2.22. The molecule has 0 atom stereocenters. The van der Waals surface area contributed by atoms with Gasteiger partial charge in [0.1, 0.15) is 22.3 Å². The molecular formula is C51H30N4O2. The fourth-order valence-corrected chi connectivity index (χ4v) is 8.57. The van der Waals surface area contributed by atoms with E-state index in [1.807, 2.05) is 72.8 Å². The number of nitrogens with zero attached hydrogens (tertiary/aromatic N) is 4. The van der Waals surface area contributed by atoms with Crippen LogP contribution in [0.1, 0.15) is 0 Å². The van der Waals surface area contributed by atoms with Crippen molar-refractivity contribution in [2.45, 2.75) is 0 Å². The summed E-state index contributed by atoms with van der Waals surface area (Å²) in [5.74, 6) is 1.81. The Morgan fingerprint density at radius 2 is 0.860 bits per heavy atom. The zero-order chi connectivity index (χ0) is 37.5. The molecule has 0 aliphatic carbocycles. The number of hydrogen-bond acceptors (Lipinski definition) is 5. The predicted octanol–water partition coefficient (Wildman–Crippen LogP) is 13.4. The van der Waals surface area contributed by atoms with Gasteiger partial charge in [0, 0.05) is 43.6 Å². The van der Waals surface area contributed by atoms with E-state index in [1.165, 1.54) is 10.8 Å². The number of furan rings is 2. The van der Waals surface area contributed by atoms with Gasteiger partial charge in [0.25, 0.3) is 0 Å². The molecule has 0 aliphatic rings. The van der Waals surface area contributed by atoms with Crippen molar-refractivity contribution in [1.82, 2.24) is 19.5 Å². The Balaban J connectivity index is 1.09. The topological polar surface area (TPSA) is 69.9 Å². The third kappa shape index (κ3) is 4.87. The summed E-state index contributed by atoms with van der Waals surface area (Å²) in [6, 6.07) is 62.6. The van der Waals surface area contributed by atoms with Crippen molar-refractivity contribution >= 4 is 65.7 Å². The molecule has 266 valence electrons. The van der Waals surface area contributed by atoms with Gasteiger partial charge in [0.05, 0.1) is 22.1 Å². The van der Waals surface area contributed by atoms with Gasteiger partial charge >= 0.3 is 0 Å². The van der Waals surface area contributed by atoms with Crippen LogP contribution in [0.2, 0.25) is 0 Å². The van der Waals surface area contributed by atoms with Crippen molar-refractivity contribution < 1.29 is 8.83 Å². The number of aromatic nitrogens is 4. The van der Waals surface area contributed by atoms with Gasteiger partial charge in [-0.1, -0.05) is 133 Å². The molecule has 0 aliphatic heterocycles. The lowest BCUT2D eigenvalue weighted by Crippen LogP contribution is -2.00. The highest BCUT2D eigenvalue weighted by Crippen LogP contribution is 2.44. The van der Waals surface area contributed by atoms with Crippen LogP contribution in [0.4, 0.5) is 0 Å². The molecule has 0 amide bonds. The molecule has 0 saturated carbocycles. The van der Waals surface area contributed by atoms with Crippen LogP contribution in [-0.2, 0) is 0 Å². The summed E-state index contributed by atoms with van der Waals surface area (Å²) >= 11 is 0. The summed E-state index contributed by atoms with van der Waals surface area (Å²) in [7, 11) is 0. The maximum Gasteiger partial charge on any atom is 0.164 e. The number of hydrogen-bond donors (Lipinski definition) is 0. The quantitative estimate of drug-likeness (QED) is 0.176. The summed E-state index contributed by atoms with van der Waals surface area (Å²) in [5, 5.41) is 6.50. The molecule has 57 heavy (non-hydrogen) atoms. The van der Waals surface area contributed by atoms with Crippen LogP contribution in [0.5, 0.6) is 0 Å². The predicted molar refractivity (Wildman–Crippen MR) is 230 cm³/mol. The Morgan fingerprint density at radius 3 is 1.53 bits per heavy atom. The summed E-state index contributed by atoms with van der Waals surface area (Å²) in [6.45, 7) is 0. The van der Waals surface area contributed by atoms with Crippen molar-refractivity contribution in [3.05, 3.63) is 182 Å². The molecule has 6 nitrogen and oxygen atoms in total. The first-order valence-electron chi connectivity index (χ1n) is 19.0. The van der Waals surface area contributed by atoms with Gasteiger partial charge in [-0.05, 0) is 59.7 Å². The third-order valence-corrected chi connectivity index (χ3v) is 11.1. The SMILES string of the molecule is c1ccc(-c2nc(-c3ccccc3)nc(-c3cccc4oc5ccc(-c6cccc7oc8cccc(-n9c%10ccccc%10c%10ccccc%109)c8c67)cc5c34)n2)cc1. The molecule has 0 saturated heterocycles. The van der Waals surface area contributed by atoms with Gasteiger partial charge in [0.2, 0.25) is 0 Å². The normalized spacial score (nSPS) is 11.9. The third-order valence-electron chi connectivity index (χ3n) is 11.1. The molecule has 0 fully saturated rings. The number of rotatable bonds is 5. The van der Waals surface area contributed by atoms with E-state index in [2.05, 4.69) is 114 Å².